The lowest BCUT2D eigenvalue weighted by Gasteiger charge is -2.06. The van der Waals surface area contributed by atoms with Gasteiger partial charge in [0.1, 0.15) is 5.69 Å². The fourth-order valence-electron chi connectivity index (χ4n) is 2.59. The van der Waals surface area contributed by atoms with Crippen LogP contribution in [-0.4, -0.2) is 36.2 Å². The number of carbonyl (C=O) groups excluding carboxylic acids is 2. The summed E-state index contributed by atoms with van der Waals surface area (Å²) in [5, 5.41) is 4.79. The van der Waals surface area contributed by atoms with Crippen molar-refractivity contribution in [1.82, 2.24) is 14.7 Å². The molecule has 1 fully saturated rings. The van der Waals surface area contributed by atoms with Crippen molar-refractivity contribution in [2.24, 2.45) is 5.73 Å². The topological polar surface area (TPSA) is 147 Å². The molecule has 9 nitrogen and oxygen atoms in total. The minimum atomic E-state index is -3.56. The van der Waals surface area contributed by atoms with Crippen LogP contribution in [0.15, 0.2) is 46.8 Å². The van der Waals surface area contributed by atoms with Gasteiger partial charge in [0.25, 0.3) is 11.8 Å². The van der Waals surface area contributed by atoms with E-state index in [2.05, 4.69) is 20.0 Å². The van der Waals surface area contributed by atoms with E-state index in [1.807, 2.05) is 0 Å². The van der Waals surface area contributed by atoms with Crippen molar-refractivity contribution in [3.05, 3.63) is 53.2 Å². The van der Waals surface area contributed by atoms with E-state index in [1.54, 1.807) is 17.6 Å². The van der Waals surface area contributed by atoms with E-state index >= 15 is 0 Å². The van der Waals surface area contributed by atoms with Crippen LogP contribution < -0.4 is 15.8 Å². The third kappa shape index (κ3) is 4.36. The number of nitrogens with two attached hydrogens (primary N) is 1. The van der Waals surface area contributed by atoms with E-state index < -0.39 is 21.8 Å². The van der Waals surface area contributed by atoms with Crippen LogP contribution in [0.3, 0.4) is 0 Å². The maximum absolute atomic E-state index is 12.4. The predicted octanol–water partition coefficient (Wildman–Crippen LogP) is 1.93. The molecule has 0 atom stereocenters. The zero-order valence-electron chi connectivity index (χ0n) is 15.0. The van der Waals surface area contributed by atoms with Crippen LogP contribution in [0.2, 0.25) is 0 Å². The van der Waals surface area contributed by atoms with Crippen LogP contribution in [0.25, 0.3) is 11.3 Å². The molecule has 1 aliphatic rings. The van der Waals surface area contributed by atoms with Crippen molar-refractivity contribution in [2.45, 2.75) is 23.8 Å². The lowest BCUT2D eigenvalue weighted by molar-refractivity contribution is 0.0994. The van der Waals surface area contributed by atoms with Crippen molar-refractivity contribution < 1.29 is 18.0 Å². The molecule has 4 rings (SSSR count). The molecule has 1 aliphatic carbocycles. The first kappa shape index (κ1) is 19.3. The molecule has 0 aliphatic heterocycles. The number of carbonyl (C=O) groups is 2. The summed E-state index contributed by atoms with van der Waals surface area (Å²) in [4.78, 5) is 30.8. The lowest BCUT2D eigenvalue weighted by atomic mass is 10.2. The van der Waals surface area contributed by atoms with Crippen LogP contribution in [0.5, 0.6) is 0 Å². The maximum atomic E-state index is 12.4. The largest absolute Gasteiger partial charge is 0.364 e. The highest BCUT2D eigenvalue weighted by Crippen LogP contribution is 2.26. The fraction of sp³-hybridized carbons (Fsp3) is 0.167. The van der Waals surface area contributed by atoms with Crippen molar-refractivity contribution in [1.29, 1.82) is 0 Å². The van der Waals surface area contributed by atoms with Gasteiger partial charge in [-0.1, -0.05) is 0 Å². The van der Waals surface area contributed by atoms with Gasteiger partial charge in [-0.2, -0.15) is 0 Å². The van der Waals surface area contributed by atoms with E-state index in [-0.39, 0.29) is 16.6 Å². The molecule has 11 heteroatoms. The van der Waals surface area contributed by atoms with Crippen molar-refractivity contribution in [3.63, 3.8) is 0 Å². The highest BCUT2D eigenvalue weighted by Gasteiger charge is 2.28. The molecule has 3 aromatic rings. The Labute approximate surface area is 170 Å². The van der Waals surface area contributed by atoms with Crippen LogP contribution in [0.4, 0.5) is 5.13 Å². The number of primary amides is 1. The molecule has 0 saturated heterocycles. The van der Waals surface area contributed by atoms with E-state index in [1.165, 1.54) is 35.6 Å². The van der Waals surface area contributed by atoms with Crippen LogP contribution in [-0.2, 0) is 10.0 Å². The Morgan fingerprint density at radius 1 is 1.21 bits per heavy atom. The predicted molar refractivity (Wildman–Crippen MR) is 108 cm³/mol. The van der Waals surface area contributed by atoms with Gasteiger partial charge in [0.15, 0.2) is 5.13 Å². The SMILES string of the molecule is NC(=O)c1cc(-c2csc(NC(=O)c3ccc(S(=O)(=O)NC4CC4)cc3)n2)c[nH]1. The second-order valence-electron chi connectivity index (χ2n) is 6.58. The van der Waals surface area contributed by atoms with Crippen LogP contribution >= 0.6 is 11.3 Å². The Bertz CT molecular complexity index is 1180. The summed E-state index contributed by atoms with van der Waals surface area (Å²) in [6.45, 7) is 0. The van der Waals surface area contributed by atoms with E-state index in [4.69, 9.17) is 5.73 Å². The number of benzene rings is 1. The van der Waals surface area contributed by atoms with Gasteiger partial charge in [-0.15, -0.1) is 11.3 Å². The first-order valence-electron chi connectivity index (χ1n) is 8.70. The zero-order chi connectivity index (χ0) is 20.6. The average molecular weight is 431 g/mol. The molecule has 1 saturated carbocycles. The maximum Gasteiger partial charge on any atom is 0.265 e. The van der Waals surface area contributed by atoms with Gasteiger partial charge in [0.2, 0.25) is 10.0 Å². The summed E-state index contributed by atoms with van der Waals surface area (Å²) in [5.74, 6) is -0.977. The van der Waals surface area contributed by atoms with Crippen LogP contribution in [0, 0.1) is 0 Å². The molecule has 0 radical (unpaired) electrons. The highest BCUT2D eigenvalue weighted by molar-refractivity contribution is 7.89. The molecule has 5 N–H and O–H groups in total. The summed E-state index contributed by atoms with van der Waals surface area (Å²) in [6, 6.07) is 7.31. The molecule has 150 valence electrons. The average Bonchev–Trinajstić information content (AvgIpc) is 3.17. The Morgan fingerprint density at radius 3 is 2.55 bits per heavy atom. The van der Waals surface area contributed by atoms with Crippen molar-refractivity contribution >= 4 is 38.3 Å². The Morgan fingerprint density at radius 2 is 1.93 bits per heavy atom. The molecule has 1 aromatic carbocycles. The third-order valence-electron chi connectivity index (χ3n) is 4.29. The van der Waals surface area contributed by atoms with Gasteiger partial charge in [-0.3, -0.25) is 14.9 Å². The fourth-order valence-corrected chi connectivity index (χ4v) is 4.61. The number of hydrogen-bond acceptors (Lipinski definition) is 6. The summed E-state index contributed by atoms with van der Waals surface area (Å²) in [7, 11) is -3.56. The van der Waals surface area contributed by atoms with Crippen molar-refractivity contribution in [3.8, 4) is 11.3 Å². The van der Waals surface area contributed by atoms with E-state index in [0.717, 1.165) is 12.8 Å². The van der Waals surface area contributed by atoms with Crippen molar-refractivity contribution in [2.75, 3.05) is 5.32 Å². The number of H-pyrrole nitrogens is 1. The first-order chi connectivity index (χ1) is 13.8. The summed E-state index contributed by atoms with van der Waals surface area (Å²) >= 11 is 1.23. The van der Waals surface area contributed by atoms with Gasteiger partial charge in [0.05, 0.1) is 10.6 Å². The number of hydrogen-bond donors (Lipinski definition) is 4. The van der Waals surface area contributed by atoms with Gasteiger partial charge in [-0.25, -0.2) is 18.1 Å². The highest BCUT2D eigenvalue weighted by atomic mass is 32.2. The number of nitrogens with zero attached hydrogens (tertiary/aromatic N) is 1. The van der Waals surface area contributed by atoms with Gasteiger partial charge < -0.3 is 10.7 Å². The molecular formula is C18H17N5O4S2. The minimum absolute atomic E-state index is 0.0150. The third-order valence-corrected chi connectivity index (χ3v) is 6.59. The second kappa shape index (κ2) is 7.43. The standard InChI is InChI=1S/C18H17N5O4S2/c19-16(24)14-7-11(8-20-14)15-9-28-18(21-15)22-17(25)10-1-5-13(6-2-10)29(26,27)23-12-3-4-12/h1-2,5-9,12,20,23H,3-4H2,(H2,19,24)(H,21,22,25). The number of aromatic amines is 1. The molecule has 2 aromatic heterocycles. The molecule has 0 bridgehead atoms. The summed E-state index contributed by atoms with van der Waals surface area (Å²) < 4.78 is 27.0. The Hall–Kier alpha value is -3.02. The van der Waals surface area contributed by atoms with Crippen LogP contribution in [0.1, 0.15) is 33.7 Å². The number of amides is 2. The molecule has 0 unspecified atom stereocenters. The summed E-state index contributed by atoms with van der Waals surface area (Å²) in [5.41, 5.74) is 7.06. The molecule has 2 amide bonds. The monoisotopic (exact) mass is 431 g/mol. The lowest BCUT2D eigenvalue weighted by Crippen LogP contribution is -2.25. The number of thiazole rings is 1. The van der Waals surface area contributed by atoms with E-state index in [9.17, 15) is 18.0 Å². The molecule has 29 heavy (non-hydrogen) atoms. The first-order valence-corrected chi connectivity index (χ1v) is 11.1. The van der Waals surface area contributed by atoms with Gasteiger partial charge >= 0.3 is 0 Å². The smallest absolute Gasteiger partial charge is 0.265 e. The Kier molecular flexibility index (Phi) is 4.94. The molecule has 2 heterocycles. The second-order valence-corrected chi connectivity index (χ2v) is 9.15. The minimum Gasteiger partial charge on any atom is -0.364 e. The number of nitrogens with one attached hydrogen (secondary N) is 3. The number of anilines is 1. The normalized spacial score (nSPS) is 13.9. The molecular weight excluding hydrogens is 414 g/mol. The zero-order valence-corrected chi connectivity index (χ0v) is 16.6. The Balaban J connectivity index is 1.44. The van der Waals surface area contributed by atoms with Gasteiger partial charge in [-0.05, 0) is 43.2 Å². The number of rotatable bonds is 7. The number of aromatic nitrogens is 2. The molecule has 0 spiro atoms. The summed E-state index contributed by atoms with van der Waals surface area (Å²) in [6.07, 6.45) is 3.31. The van der Waals surface area contributed by atoms with Gasteiger partial charge in [0, 0.05) is 28.7 Å². The quantitative estimate of drug-likeness (QED) is 0.451. The number of sulfonamides is 1. The van der Waals surface area contributed by atoms with E-state index in [0.29, 0.717) is 22.0 Å².